The van der Waals surface area contributed by atoms with Crippen LogP contribution >= 0.6 is 12.2 Å². The predicted octanol–water partition coefficient (Wildman–Crippen LogP) is 3.46. The molecule has 1 aromatic heterocycles. The van der Waals surface area contributed by atoms with Gasteiger partial charge in [0, 0.05) is 6.20 Å². The van der Waals surface area contributed by atoms with Gasteiger partial charge in [0.15, 0.2) is 0 Å². The molecule has 0 fully saturated rings. The molecule has 2 aromatic carbocycles. The van der Waals surface area contributed by atoms with Gasteiger partial charge in [-0.3, -0.25) is 4.98 Å². The molecule has 0 amide bonds. The molecule has 0 saturated carbocycles. The van der Waals surface area contributed by atoms with Crippen molar-refractivity contribution in [2.45, 2.75) is 6.42 Å². The number of nitrogens with two attached hydrogens (primary N) is 1. The molecule has 3 aromatic rings. The highest BCUT2D eigenvalue weighted by atomic mass is 32.1. The third-order valence-electron chi connectivity index (χ3n) is 3.33. The summed E-state index contributed by atoms with van der Waals surface area (Å²) in [7, 11) is 0. The Bertz CT molecular complexity index is 781. The van der Waals surface area contributed by atoms with Crippen molar-refractivity contribution in [2.24, 2.45) is 5.73 Å². The van der Waals surface area contributed by atoms with Gasteiger partial charge < -0.3 is 5.73 Å². The van der Waals surface area contributed by atoms with E-state index in [9.17, 15) is 0 Å². The molecule has 0 aliphatic carbocycles. The van der Waals surface area contributed by atoms with Crippen LogP contribution in [0.2, 0.25) is 0 Å². The molecule has 0 saturated heterocycles. The van der Waals surface area contributed by atoms with Crippen molar-refractivity contribution in [2.75, 3.05) is 0 Å². The molecule has 2 nitrogen and oxygen atoms in total. The van der Waals surface area contributed by atoms with E-state index in [1.165, 1.54) is 16.3 Å². The summed E-state index contributed by atoms with van der Waals surface area (Å²) in [6.45, 7) is 0. The average Bonchev–Trinajstić information content (AvgIpc) is 2.47. The van der Waals surface area contributed by atoms with Crippen LogP contribution in [0, 0.1) is 0 Å². The number of hydrogen-bond donors (Lipinski definition) is 1. The maximum absolute atomic E-state index is 5.73. The fraction of sp³-hybridized carbons (Fsp3) is 0.0588. The maximum Gasteiger partial charge on any atom is 0.122 e. The van der Waals surface area contributed by atoms with Gasteiger partial charge in [-0.25, -0.2) is 0 Å². The van der Waals surface area contributed by atoms with Gasteiger partial charge in [0.2, 0.25) is 0 Å². The fourth-order valence-electron chi connectivity index (χ4n) is 2.37. The second-order valence-electron chi connectivity index (χ2n) is 4.73. The Balaban J connectivity index is 1.99. The molecule has 0 bridgehead atoms. The standard InChI is InChI=1S/C17H14N2S/c18-17(20)16-15(6-3-9-19-16)11-12-7-8-13-4-1-2-5-14(13)10-12/h1-10H,11H2,(H2,18,20). The predicted molar refractivity (Wildman–Crippen MR) is 86.9 cm³/mol. The molecular formula is C17H14N2S. The first-order valence-corrected chi connectivity index (χ1v) is 6.86. The molecule has 0 aliphatic rings. The summed E-state index contributed by atoms with van der Waals surface area (Å²) in [6, 6.07) is 18.8. The van der Waals surface area contributed by atoms with Gasteiger partial charge in [-0.05, 0) is 34.4 Å². The highest BCUT2D eigenvalue weighted by Gasteiger charge is 2.07. The van der Waals surface area contributed by atoms with Crippen LogP contribution in [0.25, 0.3) is 10.8 Å². The van der Waals surface area contributed by atoms with E-state index in [4.69, 9.17) is 18.0 Å². The molecule has 3 heteroatoms. The minimum atomic E-state index is 0.349. The van der Waals surface area contributed by atoms with E-state index < -0.39 is 0 Å². The summed E-state index contributed by atoms with van der Waals surface area (Å²) >= 11 is 5.06. The largest absolute Gasteiger partial charge is 0.388 e. The summed E-state index contributed by atoms with van der Waals surface area (Å²) in [5.74, 6) is 0. The first-order chi connectivity index (χ1) is 9.74. The van der Waals surface area contributed by atoms with Crippen LogP contribution in [-0.4, -0.2) is 9.97 Å². The Morgan fingerprint density at radius 3 is 2.60 bits per heavy atom. The normalized spacial score (nSPS) is 10.6. The minimum absolute atomic E-state index is 0.349. The smallest absolute Gasteiger partial charge is 0.122 e. The van der Waals surface area contributed by atoms with Crippen molar-refractivity contribution in [3.8, 4) is 0 Å². The molecule has 3 rings (SSSR count). The SMILES string of the molecule is NC(=S)c1ncccc1Cc1ccc2ccccc2c1. The van der Waals surface area contributed by atoms with Gasteiger partial charge in [0.05, 0.1) is 0 Å². The zero-order valence-electron chi connectivity index (χ0n) is 10.9. The minimum Gasteiger partial charge on any atom is -0.388 e. The monoisotopic (exact) mass is 278 g/mol. The van der Waals surface area contributed by atoms with E-state index in [0.29, 0.717) is 4.99 Å². The molecule has 98 valence electrons. The summed E-state index contributed by atoms with van der Waals surface area (Å²) in [6.07, 6.45) is 2.50. The molecule has 20 heavy (non-hydrogen) atoms. The molecule has 0 unspecified atom stereocenters. The first kappa shape index (κ1) is 12.8. The number of hydrogen-bond acceptors (Lipinski definition) is 2. The fourth-order valence-corrected chi connectivity index (χ4v) is 2.56. The zero-order chi connectivity index (χ0) is 13.9. The van der Waals surface area contributed by atoms with Crippen LogP contribution in [0.5, 0.6) is 0 Å². The number of nitrogens with zero attached hydrogens (tertiary/aromatic N) is 1. The van der Waals surface area contributed by atoms with Crippen molar-refractivity contribution in [3.63, 3.8) is 0 Å². The zero-order valence-corrected chi connectivity index (χ0v) is 11.7. The third-order valence-corrected chi connectivity index (χ3v) is 3.53. The van der Waals surface area contributed by atoms with E-state index in [0.717, 1.165) is 17.7 Å². The summed E-state index contributed by atoms with van der Waals surface area (Å²) < 4.78 is 0. The van der Waals surface area contributed by atoms with Gasteiger partial charge in [-0.2, -0.15) is 0 Å². The number of fused-ring (bicyclic) bond motifs is 1. The highest BCUT2D eigenvalue weighted by Crippen LogP contribution is 2.19. The molecule has 0 spiro atoms. The van der Waals surface area contributed by atoms with E-state index in [-0.39, 0.29) is 0 Å². The van der Waals surface area contributed by atoms with Crippen LogP contribution < -0.4 is 5.73 Å². The van der Waals surface area contributed by atoms with Crippen LogP contribution in [-0.2, 0) is 6.42 Å². The van der Waals surface area contributed by atoms with Crippen molar-refractivity contribution < 1.29 is 0 Å². The topological polar surface area (TPSA) is 38.9 Å². The van der Waals surface area contributed by atoms with Crippen molar-refractivity contribution in [1.29, 1.82) is 0 Å². The second-order valence-corrected chi connectivity index (χ2v) is 5.17. The van der Waals surface area contributed by atoms with Gasteiger partial charge in [0.1, 0.15) is 10.7 Å². The Kier molecular flexibility index (Phi) is 3.44. The number of rotatable bonds is 3. The van der Waals surface area contributed by atoms with Crippen molar-refractivity contribution >= 4 is 28.0 Å². The Morgan fingerprint density at radius 1 is 1.00 bits per heavy atom. The lowest BCUT2D eigenvalue weighted by molar-refractivity contribution is 1.13. The van der Waals surface area contributed by atoms with E-state index in [1.807, 2.05) is 18.2 Å². The lowest BCUT2D eigenvalue weighted by atomic mass is 10.0. The molecule has 0 radical (unpaired) electrons. The van der Waals surface area contributed by atoms with Crippen LogP contribution in [0.4, 0.5) is 0 Å². The highest BCUT2D eigenvalue weighted by molar-refractivity contribution is 7.80. The molecular weight excluding hydrogens is 264 g/mol. The molecule has 2 N–H and O–H groups in total. The van der Waals surface area contributed by atoms with Gasteiger partial charge in [-0.1, -0.05) is 60.7 Å². The number of benzene rings is 2. The van der Waals surface area contributed by atoms with E-state index >= 15 is 0 Å². The number of aromatic nitrogens is 1. The summed E-state index contributed by atoms with van der Waals surface area (Å²) in [5.41, 5.74) is 8.74. The van der Waals surface area contributed by atoms with Crippen molar-refractivity contribution in [1.82, 2.24) is 4.98 Å². The lowest BCUT2D eigenvalue weighted by Gasteiger charge is -2.08. The first-order valence-electron chi connectivity index (χ1n) is 6.45. The van der Waals surface area contributed by atoms with Crippen LogP contribution in [0.3, 0.4) is 0 Å². The summed E-state index contributed by atoms with van der Waals surface area (Å²) in [4.78, 5) is 4.62. The van der Waals surface area contributed by atoms with Gasteiger partial charge in [-0.15, -0.1) is 0 Å². The molecule has 0 aliphatic heterocycles. The van der Waals surface area contributed by atoms with Crippen LogP contribution in [0.1, 0.15) is 16.8 Å². The van der Waals surface area contributed by atoms with Gasteiger partial charge >= 0.3 is 0 Å². The van der Waals surface area contributed by atoms with E-state index in [1.54, 1.807) is 6.20 Å². The Labute approximate surface area is 123 Å². The quantitative estimate of drug-likeness (QED) is 0.746. The van der Waals surface area contributed by atoms with Crippen molar-refractivity contribution in [3.05, 3.63) is 77.6 Å². The van der Waals surface area contributed by atoms with E-state index in [2.05, 4.69) is 41.4 Å². The van der Waals surface area contributed by atoms with Gasteiger partial charge in [0.25, 0.3) is 0 Å². The number of pyridine rings is 1. The Hall–Kier alpha value is -2.26. The number of thiocarbonyl (C=S) groups is 1. The van der Waals surface area contributed by atoms with Crippen LogP contribution in [0.15, 0.2) is 60.8 Å². The molecule has 0 atom stereocenters. The summed E-state index contributed by atoms with van der Waals surface area (Å²) in [5, 5.41) is 2.49. The maximum atomic E-state index is 5.73. The molecule has 1 heterocycles. The average molecular weight is 278 g/mol. The second kappa shape index (κ2) is 5.39. The Morgan fingerprint density at radius 2 is 1.80 bits per heavy atom. The third kappa shape index (κ3) is 2.53. The lowest BCUT2D eigenvalue weighted by Crippen LogP contribution is -2.14.